The molecule has 2 atom stereocenters. The molecule has 0 bridgehead atoms. The lowest BCUT2D eigenvalue weighted by Crippen LogP contribution is -2.65. The first-order valence-corrected chi connectivity index (χ1v) is 12.4. The Morgan fingerprint density at radius 3 is 2.94 bits per heavy atom. The molecule has 2 aromatic heterocycles. The number of carbonyl (C=O) groups excluding carboxylic acids is 1. The molecule has 35 heavy (non-hydrogen) atoms. The second-order valence-corrected chi connectivity index (χ2v) is 10.1. The van der Waals surface area contributed by atoms with Gasteiger partial charge in [-0.25, -0.2) is 9.78 Å². The van der Waals surface area contributed by atoms with Gasteiger partial charge in [0, 0.05) is 35.1 Å². The number of benzene rings is 1. The van der Waals surface area contributed by atoms with Crippen LogP contribution >= 0.6 is 15.9 Å². The number of amides is 1. The van der Waals surface area contributed by atoms with Gasteiger partial charge in [-0.05, 0) is 36.2 Å². The fraction of sp³-hybridized carbons (Fsp3) is 0.360. The molecule has 5 heterocycles. The molecule has 9 nitrogen and oxygen atoms in total. The van der Waals surface area contributed by atoms with Crippen LogP contribution in [0.4, 0.5) is 4.79 Å². The van der Waals surface area contributed by atoms with Crippen LogP contribution in [0.1, 0.15) is 30.0 Å². The van der Waals surface area contributed by atoms with E-state index >= 15 is 0 Å². The number of nitrogens with zero attached hydrogens (tertiary/aromatic N) is 3. The predicted molar refractivity (Wildman–Crippen MR) is 131 cm³/mol. The minimum Gasteiger partial charge on any atom is -0.465 e. The van der Waals surface area contributed by atoms with Crippen LogP contribution < -0.4 is 10.9 Å². The molecule has 10 heteroatoms. The molecule has 3 aromatic rings. The number of halogens is 1. The molecular formula is C25H23BrN4O5. The molecule has 0 radical (unpaired) electrons. The zero-order chi connectivity index (χ0) is 24.5. The number of hydrogen-bond acceptors (Lipinski definition) is 6. The highest BCUT2D eigenvalue weighted by molar-refractivity contribution is 9.10. The molecule has 0 aliphatic carbocycles. The third-order valence-electron chi connectivity index (χ3n) is 7.66. The third-order valence-corrected chi connectivity index (χ3v) is 8.36. The van der Waals surface area contributed by atoms with Crippen molar-refractivity contribution in [1.29, 1.82) is 0 Å². The molecule has 3 aliphatic rings. The molecule has 6 rings (SSSR count). The van der Waals surface area contributed by atoms with Crippen LogP contribution in [0.15, 0.2) is 39.6 Å². The van der Waals surface area contributed by atoms with Gasteiger partial charge < -0.3 is 24.6 Å². The summed E-state index contributed by atoms with van der Waals surface area (Å²) in [6.45, 7) is 3.13. The Hall–Kier alpha value is -3.24. The van der Waals surface area contributed by atoms with Crippen LogP contribution in [0.3, 0.4) is 0 Å². The molecule has 2 N–H and O–H groups in total. The summed E-state index contributed by atoms with van der Waals surface area (Å²) >= 11 is 3.58. The fourth-order valence-corrected chi connectivity index (χ4v) is 6.40. The van der Waals surface area contributed by atoms with Gasteiger partial charge in [-0.2, -0.15) is 0 Å². The largest absolute Gasteiger partial charge is 0.465 e. The highest BCUT2D eigenvalue weighted by atomic mass is 79.9. The van der Waals surface area contributed by atoms with Crippen molar-refractivity contribution in [2.24, 2.45) is 0 Å². The van der Waals surface area contributed by atoms with E-state index in [2.05, 4.69) is 21.2 Å². The van der Waals surface area contributed by atoms with Crippen LogP contribution in [0, 0.1) is 0 Å². The van der Waals surface area contributed by atoms with Crippen molar-refractivity contribution in [3.8, 4) is 11.4 Å². The van der Waals surface area contributed by atoms with E-state index in [0.717, 1.165) is 20.9 Å². The second kappa shape index (κ2) is 7.89. The lowest BCUT2D eigenvalue weighted by molar-refractivity contribution is -0.158. The van der Waals surface area contributed by atoms with E-state index in [0.29, 0.717) is 48.6 Å². The lowest BCUT2D eigenvalue weighted by Gasteiger charge is -2.47. The van der Waals surface area contributed by atoms with Crippen molar-refractivity contribution >= 4 is 38.9 Å². The standard InChI is InChI=1S/C25H23BrN4O5/c1-2-25(20-10-27-6-7-29(20)24(33)34)16-9-19-21-13(8-14-17(26)4-3-5-18(14)28-21)11-30(19)22(31)15(16)12-35-23(25)32/h3-5,8-9,20,27H,2,6-7,10-12H2,1H3,(H,33,34)/t20?,25-/m0/s1. The quantitative estimate of drug-likeness (QED) is 0.377. The maximum Gasteiger partial charge on any atom is 0.407 e. The first-order chi connectivity index (χ1) is 16.9. The molecule has 0 saturated carbocycles. The Labute approximate surface area is 208 Å². The Kier molecular flexibility index (Phi) is 5.01. The summed E-state index contributed by atoms with van der Waals surface area (Å²) in [5.74, 6) is -0.495. The maximum atomic E-state index is 13.7. The van der Waals surface area contributed by atoms with E-state index in [1.165, 1.54) is 4.90 Å². The van der Waals surface area contributed by atoms with Crippen LogP contribution in [0.2, 0.25) is 0 Å². The molecule has 3 aliphatic heterocycles. The number of carboxylic acid groups (broad SMARTS) is 1. The van der Waals surface area contributed by atoms with Crippen molar-refractivity contribution in [3.63, 3.8) is 0 Å². The number of pyridine rings is 2. The number of nitrogens with one attached hydrogen (secondary N) is 1. The predicted octanol–water partition coefficient (Wildman–Crippen LogP) is 2.84. The van der Waals surface area contributed by atoms with E-state index in [4.69, 9.17) is 9.72 Å². The number of rotatable bonds is 2. The van der Waals surface area contributed by atoms with Gasteiger partial charge in [-0.3, -0.25) is 9.59 Å². The average molecular weight is 539 g/mol. The van der Waals surface area contributed by atoms with Crippen molar-refractivity contribution in [2.75, 3.05) is 19.6 Å². The van der Waals surface area contributed by atoms with E-state index < -0.39 is 23.5 Å². The minimum absolute atomic E-state index is 0.125. The highest BCUT2D eigenvalue weighted by Crippen LogP contribution is 2.44. The number of piperazine rings is 1. The molecule has 1 saturated heterocycles. The Morgan fingerprint density at radius 2 is 2.17 bits per heavy atom. The van der Waals surface area contributed by atoms with Gasteiger partial charge in [0.05, 0.1) is 35.1 Å². The fourth-order valence-electron chi connectivity index (χ4n) is 5.93. The average Bonchev–Trinajstić information content (AvgIpc) is 3.21. The van der Waals surface area contributed by atoms with Gasteiger partial charge in [-0.1, -0.05) is 28.9 Å². The number of hydrogen-bond donors (Lipinski definition) is 2. The van der Waals surface area contributed by atoms with E-state index in [-0.39, 0.29) is 18.7 Å². The Bertz CT molecular complexity index is 1480. The number of carbonyl (C=O) groups is 2. The summed E-state index contributed by atoms with van der Waals surface area (Å²) < 4.78 is 8.17. The second-order valence-electron chi connectivity index (χ2n) is 9.21. The number of fused-ring (bicyclic) bond motifs is 5. The first kappa shape index (κ1) is 22.2. The summed E-state index contributed by atoms with van der Waals surface area (Å²) in [6.07, 6.45) is -0.797. The number of aromatic nitrogens is 2. The first-order valence-electron chi connectivity index (χ1n) is 11.6. The van der Waals surface area contributed by atoms with Crippen molar-refractivity contribution in [2.45, 2.75) is 38.0 Å². The summed E-state index contributed by atoms with van der Waals surface area (Å²) in [6, 6.07) is 9.00. The maximum absolute atomic E-state index is 13.7. The van der Waals surface area contributed by atoms with Crippen LogP contribution in [0.25, 0.3) is 22.3 Å². The van der Waals surface area contributed by atoms with Gasteiger partial charge in [0.25, 0.3) is 5.56 Å². The van der Waals surface area contributed by atoms with Gasteiger partial charge in [-0.15, -0.1) is 0 Å². The number of ether oxygens (including phenoxy) is 1. The van der Waals surface area contributed by atoms with Gasteiger partial charge >= 0.3 is 12.1 Å². The normalized spacial score (nSPS) is 23.0. The lowest BCUT2D eigenvalue weighted by atomic mass is 9.68. The van der Waals surface area contributed by atoms with Crippen LogP contribution in [-0.2, 0) is 28.1 Å². The molecule has 0 spiro atoms. The summed E-state index contributed by atoms with van der Waals surface area (Å²) in [5.41, 5.74) is 2.50. The molecule has 180 valence electrons. The Balaban J connectivity index is 1.60. The third kappa shape index (κ3) is 3.02. The zero-order valence-electron chi connectivity index (χ0n) is 19.0. The molecule has 1 fully saturated rings. The summed E-state index contributed by atoms with van der Waals surface area (Å²) in [4.78, 5) is 45.5. The molecule has 1 amide bonds. The summed E-state index contributed by atoms with van der Waals surface area (Å²) in [7, 11) is 0. The number of cyclic esters (lactones) is 1. The van der Waals surface area contributed by atoms with Gasteiger partial charge in [0.1, 0.15) is 12.0 Å². The van der Waals surface area contributed by atoms with Gasteiger partial charge in [0.2, 0.25) is 0 Å². The zero-order valence-corrected chi connectivity index (χ0v) is 20.6. The van der Waals surface area contributed by atoms with Crippen molar-refractivity contribution < 1.29 is 19.4 Å². The Morgan fingerprint density at radius 1 is 1.34 bits per heavy atom. The summed E-state index contributed by atoms with van der Waals surface area (Å²) in [5, 5.41) is 14.1. The number of esters is 1. The van der Waals surface area contributed by atoms with Crippen LogP contribution in [0.5, 0.6) is 0 Å². The SMILES string of the molecule is CC[C@]1(C2CNCCN2C(=O)O)C(=O)OCc2c1cc1n(c2=O)Cc2cc3c(Br)cccc3nc2-1. The van der Waals surface area contributed by atoms with E-state index in [1.807, 2.05) is 37.3 Å². The smallest absolute Gasteiger partial charge is 0.407 e. The van der Waals surface area contributed by atoms with Crippen molar-refractivity contribution in [3.05, 3.63) is 61.8 Å². The molecule has 1 unspecified atom stereocenters. The molecule has 1 aromatic carbocycles. The highest BCUT2D eigenvalue weighted by Gasteiger charge is 2.55. The van der Waals surface area contributed by atoms with E-state index in [1.54, 1.807) is 4.57 Å². The minimum atomic E-state index is -1.29. The topological polar surface area (TPSA) is 114 Å². The van der Waals surface area contributed by atoms with Gasteiger partial charge in [0.15, 0.2) is 0 Å². The van der Waals surface area contributed by atoms with Crippen molar-refractivity contribution in [1.82, 2.24) is 19.8 Å². The van der Waals surface area contributed by atoms with Crippen LogP contribution in [-0.4, -0.2) is 57.3 Å². The van der Waals surface area contributed by atoms with E-state index in [9.17, 15) is 19.5 Å². The monoisotopic (exact) mass is 538 g/mol. The molecular weight excluding hydrogens is 516 g/mol.